The van der Waals surface area contributed by atoms with E-state index in [1.807, 2.05) is 12.1 Å². The van der Waals surface area contributed by atoms with Gasteiger partial charge in [0.1, 0.15) is 5.82 Å². The summed E-state index contributed by atoms with van der Waals surface area (Å²) in [5.41, 5.74) is 4.76. The van der Waals surface area contributed by atoms with Crippen LogP contribution < -0.4 is 16.6 Å². The van der Waals surface area contributed by atoms with Gasteiger partial charge in [-0.05, 0) is 30.2 Å². The lowest BCUT2D eigenvalue weighted by atomic mass is 10.1. The Balaban J connectivity index is 2.08. The molecule has 2 rings (SSSR count). The molecule has 1 aromatic carbocycles. The second-order valence-electron chi connectivity index (χ2n) is 3.98. The standard InChI is InChI=1S/C13H17N5/c1-2-3-10-4-6-11(7-5-10)16-12-8-9-15-13(17-12)18-14/h4-9H,2-3,14H2,1H3,(H2,15,16,17,18). The maximum Gasteiger partial charge on any atom is 0.239 e. The topological polar surface area (TPSA) is 75.9 Å². The number of nitrogens with two attached hydrogens (primary N) is 1. The summed E-state index contributed by atoms with van der Waals surface area (Å²) in [7, 11) is 0. The number of hydrazine groups is 1. The Morgan fingerprint density at radius 2 is 1.94 bits per heavy atom. The van der Waals surface area contributed by atoms with Gasteiger partial charge in [-0.15, -0.1) is 0 Å². The fourth-order valence-electron chi connectivity index (χ4n) is 1.69. The lowest BCUT2D eigenvalue weighted by molar-refractivity contribution is 0.922. The van der Waals surface area contributed by atoms with Gasteiger partial charge < -0.3 is 5.32 Å². The third-order valence-corrected chi connectivity index (χ3v) is 2.55. The van der Waals surface area contributed by atoms with Crippen molar-refractivity contribution in [3.63, 3.8) is 0 Å². The summed E-state index contributed by atoms with van der Waals surface area (Å²) in [5.74, 6) is 6.36. The number of rotatable bonds is 5. The molecular formula is C13H17N5. The molecule has 0 spiro atoms. The highest BCUT2D eigenvalue weighted by Gasteiger charge is 1.98. The van der Waals surface area contributed by atoms with Crippen LogP contribution in [0.4, 0.5) is 17.5 Å². The number of aromatic nitrogens is 2. The largest absolute Gasteiger partial charge is 0.340 e. The second kappa shape index (κ2) is 5.97. The first-order valence-corrected chi connectivity index (χ1v) is 5.97. The lowest BCUT2D eigenvalue weighted by Crippen LogP contribution is -2.10. The molecule has 1 aromatic heterocycles. The molecule has 94 valence electrons. The molecule has 0 aliphatic carbocycles. The first kappa shape index (κ1) is 12.3. The summed E-state index contributed by atoms with van der Waals surface area (Å²) in [6, 6.07) is 10.1. The maximum atomic E-state index is 5.26. The third kappa shape index (κ3) is 3.18. The van der Waals surface area contributed by atoms with E-state index in [0.29, 0.717) is 11.8 Å². The van der Waals surface area contributed by atoms with E-state index < -0.39 is 0 Å². The third-order valence-electron chi connectivity index (χ3n) is 2.55. The van der Waals surface area contributed by atoms with Crippen LogP contribution in [0.2, 0.25) is 0 Å². The van der Waals surface area contributed by atoms with Crippen LogP contribution in [-0.2, 0) is 6.42 Å². The molecule has 0 atom stereocenters. The summed E-state index contributed by atoms with van der Waals surface area (Å²) in [4.78, 5) is 8.14. The Morgan fingerprint density at radius 1 is 1.17 bits per heavy atom. The minimum Gasteiger partial charge on any atom is -0.340 e. The Labute approximate surface area is 106 Å². The average molecular weight is 243 g/mol. The number of nitrogens with one attached hydrogen (secondary N) is 2. The monoisotopic (exact) mass is 243 g/mol. The zero-order valence-electron chi connectivity index (χ0n) is 10.4. The number of aryl methyl sites for hydroxylation is 1. The number of hydrogen-bond donors (Lipinski definition) is 3. The highest BCUT2D eigenvalue weighted by Crippen LogP contribution is 2.16. The summed E-state index contributed by atoms with van der Waals surface area (Å²) >= 11 is 0. The predicted molar refractivity (Wildman–Crippen MR) is 73.6 cm³/mol. The van der Waals surface area contributed by atoms with Gasteiger partial charge in [-0.1, -0.05) is 25.5 Å². The molecule has 18 heavy (non-hydrogen) atoms. The normalized spacial score (nSPS) is 10.1. The van der Waals surface area contributed by atoms with Crippen LogP contribution >= 0.6 is 0 Å². The number of nitrogen functional groups attached to an aromatic ring is 1. The van der Waals surface area contributed by atoms with Gasteiger partial charge in [0.05, 0.1) is 0 Å². The molecule has 0 fully saturated rings. The van der Waals surface area contributed by atoms with E-state index in [2.05, 4.69) is 39.8 Å². The van der Waals surface area contributed by atoms with E-state index in [0.717, 1.165) is 18.5 Å². The first-order valence-electron chi connectivity index (χ1n) is 5.97. The SMILES string of the molecule is CCCc1ccc(Nc2ccnc(NN)n2)cc1. The van der Waals surface area contributed by atoms with Gasteiger partial charge in [0, 0.05) is 11.9 Å². The van der Waals surface area contributed by atoms with Crippen molar-refractivity contribution in [2.75, 3.05) is 10.7 Å². The molecule has 5 nitrogen and oxygen atoms in total. The molecule has 0 aliphatic heterocycles. The van der Waals surface area contributed by atoms with Crippen LogP contribution in [0, 0.1) is 0 Å². The van der Waals surface area contributed by atoms with Gasteiger partial charge in [-0.25, -0.2) is 10.8 Å². The number of nitrogens with zero attached hydrogens (tertiary/aromatic N) is 2. The fourth-order valence-corrected chi connectivity index (χ4v) is 1.69. The Bertz CT molecular complexity index is 495. The van der Waals surface area contributed by atoms with Gasteiger partial charge >= 0.3 is 0 Å². The molecule has 0 aliphatic rings. The van der Waals surface area contributed by atoms with Crippen molar-refractivity contribution < 1.29 is 0 Å². The van der Waals surface area contributed by atoms with Crippen molar-refractivity contribution in [2.45, 2.75) is 19.8 Å². The van der Waals surface area contributed by atoms with Crippen molar-refractivity contribution in [3.8, 4) is 0 Å². The molecule has 4 N–H and O–H groups in total. The molecule has 0 saturated heterocycles. The van der Waals surface area contributed by atoms with Crippen LogP contribution in [0.1, 0.15) is 18.9 Å². The van der Waals surface area contributed by atoms with Crippen molar-refractivity contribution in [1.82, 2.24) is 9.97 Å². The van der Waals surface area contributed by atoms with E-state index in [9.17, 15) is 0 Å². The van der Waals surface area contributed by atoms with Crippen molar-refractivity contribution >= 4 is 17.5 Å². The highest BCUT2D eigenvalue weighted by molar-refractivity contribution is 5.57. The van der Waals surface area contributed by atoms with Crippen molar-refractivity contribution in [2.24, 2.45) is 5.84 Å². The molecule has 0 radical (unpaired) electrons. The van der Waals surface area contributed by atoms with Crippen LogP contribution in [0.5, 0.6) is 0 Å². The number of anilines is 3. The van der Waals surface area contributed by atoms with Crippen LogP contribution in [0.3, 0.4) is 0 Å². The zero-order chi connectivity index (χ0) is 12.8. The molecule has 1 heterocycles. The number of benzene rings is 1. The van der Waals surface area contributed by atoms with Crippen LogP contribution in [0.25, 0.3) is 0 Å². The minimum absolute atomic E-state index is 0.391. The van der Waals surface area contributed by atoms with Crippen molar-refractivity contribution in [3.05, 3.63) is 42.1 Å². The first-order chi connectivity index (χ1) is 8.81. The summed E-state index contributed by atoms with van der Waals surface area (Å²) in [6.07, 6.45) is 3.91. The minimum atomic E-state index is 0.391. The molecule has 2 aromatic rings. The van der Waals surface area contributed by atoms with E-state index in [1.54, 1.807) is 12.3 Å². The van der Waals surface area contributed by atoms with E-state index >= 15 is 0 Å². The van der Waals surface area contributed by atoms with Gasteiger partial charge in [0.15, 0.2) is 0 Å². The quantitative estimate of drug-likeness (QED) is 0.555. The van der Waals surface area contributed by atoms with E-state index in [-0.39, 0.29) is 0 Å². The molecule has 0 bridgehead atoms. The zero-order valence-corrected chi connectivity index (χ0v) is 10.4. The highest BCUT2D eigenvalue weighted by atomic mass is 15.3. The van der Waals surface area contributed by atoms with E-state index in [4.69, 9.17) is 5.84 Å². The molecule has 5 heteroatoms. The van der Waals surface area contributed by atoms with Gasteiger partial charge in [0.2, 0.25) is 5.95 Å². The molecule has 0 amide bonds. The predicted octanol–water partition coefficient (Wildman–Crippen LogP) is 2.46. The summed E-state index contributed by atoms with van der Waals surface area (Å²) in [6.45, 7) is 2.17. The molecule has 0 unspecified atom stereocenters. The van der Waals surface area contributed by atoms with Gasteiger partial charge in [-0.3, -0.25) is 5.43 Å². The number of hydrogen-bond acceptors (Lipinski definition) is 5. The van der Waals surface area contributed by atoms with Crippen LogP contribution in [0.15, 0.2) is 36.5 Å². The molecular weight excluding hydrogens is 226 g/mol. The smallest absolute Gasteiger partial charge is 0.239 e. The lowest BCUT2D eigenvalue weighted by Gasteiger charge is -2.07. The van der Waals surface area contributed by atoms with Gasteiger partial charge in [-0.2, -0.15) is 4.98 Å². The fraction of sp³-hybridized carbons (Fsp3) is 0.231. The van der Waals surface area contributed by atoms with Gasteiger partial charge in [0.25, 0.3) is 0 Å². The second-order valence-corrected chi connectivity index (χ2v) is 3.98. The Morgan fingerprint density at radius 3 is 2.61 bits per heavy atom. The Hall–Kier alpha value is -2.14. The van der Waals surface area contributed by atoms with E-state index in [1.165, 1.54) is 5.56 Å². The summed E-state index contributed by atoms with van der Waals surface area (Å²) in [5, 5.41) is 3.20. The van der Waals surface area contributed by atoms with Crippen LogP contribution in [-0.4, -0.2) is 9.97 Å². The maximum absolute atomic E-state index is 5.26. The summed E-state index contributed by atoms with van der Waals surface area (Å²) < 4.78 is 0. The Kier molecular flexibility index (Phi) is 4.09. The molecule has 0 saturated carbocycles. The average Bonchev–Trinajstić information content (AvgIpc) is 2.42. The van der Waals surface area contributed by atoms with Crippen molar-refractivity contribution in [1.29, 1.82) is 0 Å².